The van der Waals surface area contributed by atoms with Crippen molar-refractivity contribution in [3.63, 3.8) is 0 Å². The molecule has 0 atom stereocenters. The largest absolute Gasteiger partial charge is 0.316 e. The molecule has 1 aromatic carbocycles. The predicted molar refractivity (Wildman–Crippen MR) is 55.6 cm³/mol. The van der Waals surface area contributed by atoms with Gasteiger partial charge in [-0.15, -0.1) is 11.8 Å². The molecule has 0 aliphatic heterocycles. The van der Waals surface area contributed by atoms with E-state index in [0.29, 0.717) is 4.90 Å². The third-order valence-corrected chi connectivity index (χ3v) is 2.71. The average Bonchev–Trinajstić information content (AvgIpc) is 2.18. The predicted octanol–water partition coefficient (Wildman–Crippen LogP) is 2.67. The minimum Gasteiger partial charge on any atom is -0.316 e. The van der Waals surface area contributed by atoms with Crippen LogP contribution in [-0.2, 0) is 0 Å². The summed E-state index contributed by atoms with van der Waals surface area (Å²) in [5, 5.41) is 3.12. The summed E-state index contributed by atoms with van der Waals surface area (Å²) in [7, 11) is 0. The molecule has 4 heteroatoms. The van der Waals surface area contributed by atoms with Crippen molar-refractivity contribution >= 4 is 11.8 Å². The van der Waals surface area contributed by atoms with Gasteiger partial charge in [0.2, 0.25) is 0 Å². The first-order chi connectivity index (χ1) is 6.74. The van der Waals surface area contributed by atoms with E-state index < -0.39 is 5.82 Å². The molecule has 0 unspecified atom stereocenters. The first kappa shape index (κ1) is 11.5. The molecule has 0 amide bonds. The number of nitrogens with one attached hydrogen (secondary N) is 1. The van der Waals surface area contributed by atoms with Crippen LogP contribution in [0.25, 0.3) is 0 Å². The maximum absolute atomic E-state index is 13.1. The Morgan fingerprint density at radius 2 is 2.14 bits per heavy atom. The minimum absolute atomic E-state index is 0.354. The van der Waals surface area contributed by atoms with Gasteiger partial charge in [-0.25, -0.2) is 8.78 Å². The van der Waals surface area contributed by atoms with Crippen molar-refractivity contribution in [2.45, 2.75) is 11.8 Å². The van der Waals surface area contributed by atoms with Gasteiger partial charge < -0.3 is 5.32 Å². The zero-order valence-corrected chi connectivity index (χ0v) is 8.83. The molecule has 0 fully saturated rings. The van der Waals surface area contributed by atoms with Gasteiger partial charge in [-0.1, -0.05) is 6.92 Å². The lowest BCUT2D eigenvalue weighted by Gasteiger charge is -2.03. The Hall–Kier alpha value is -0.610. The van der Waals surface area contributed by atoms with Crippen molar-refractivity contribution in [1.82, 2.24) is 5.32 Å². The lowest BCUT2D eigenvalue weighted by Crippen LogP contribution is -2.15. The van der Waals surface area contributed by atoms with Gasteiger partial charge in [-0.3, -0.25) is 0 Å². The maximum Gasteiger partial charge on any atom is 0.136 e. The first-order valence-electron chi connectivity index (χ1n) is 4.52. The van der Waals surface area contributed by atoms with Gasteiger partial charge >= 0.3 is 0 Å². The van der Waals surface area contributed by atoms with E-state index >= 15 is 0 Å². The molecular weight excluding hydrogens is 204 g/mol. The Balaban J connectivity index is 2.45. The van der Waals surface area contributed by atoms with Crippen LogP contribution < -0.4 is 5.32 Å². The van der Waals surface area contributed by atoms with Crippen LogP contribution in [-0.4, -0.2) is 18.8 Å². The van der Waals surface area contributed by atoms with E-state index in [1.807, 2.05) is 6.92 Å². The quantitative estimate of drug-likeness (QED) is 0.601. The molecule has 0 aromatic heterocycles. The molecule has 0 spiro atoms. The van der Waals surface area contributed by atoms with Crippen molar-refractivity contribution in [3.05, 3.63) is 29.8 Å². The second-order valence-electron chi connectivity index (χ2n) is 2.78. The summed E-state index contributed by atoms with van der Waals surface area (Å²) in [5.41, 5.74) is 0. The highest BCUT2D eigenvalue weighted by atomic mass is 32.2. The Bertz CT molecular complexity index is 291. The summed E-state index contributed by atoms with van der Waals surface area (Å²) < 4.78 is 25.8. The van der Waals surface area contributed by atoms with Crippen molar-refractivity contribution in [2.75, 3.05) is 18.8 Å². The number of rotatable bonds is 5. The fourth-order valence-electron chi connectivity index (χ4n) is 0.998. The number of benzene rings is 1. The highest BCUT2D eigenvalue weighted by Gasteiger charge is 2.03. The van der Waals surface area contributed by atoms with Crippen LogP contribution >= 0.6 is 11.8 Å². The molecule has 78 valence electrons. The second kappa shape index (κ2) is 5.98. The van der Waals surface area contributed by atoms with E-state index in [9.17, 15) is 8.78 Å². The lowest BCUT2D eigenvalue weighted by atomic mass is 10.3. The topological polar surface area (TPSA) is 12.0 Å². The van der Waals surface area contributed by atoms with Gasteiger partial charge in [-0.05, 0) is 24.7 Å². The maximum atomic E-state index is 13.1. The van der Waals surface area contributed by atoms with Crippen LogP contribution in [0.3, 0.4) is 0 Å². The number of hydrogen-bond acceptors (Lipinski definition) is 2. The minimum atomic E-state index is -0.391. The molecule has 1 nitrogen and oxygen atoms in total. The van der Waals surface area contributed by atoms with E-state index in [2.05, 4.69) is 5.32 Å². The highest BCUT2D eigenvalue weighted by molar-refractivity contribution is 7.99. The van der Waals surface area contributed by atoms with Crippen molar-refractivity contribution < 1.29 is 8.78 Å². The lowest BCUT2D eigenvalue weighted by molar-refractivity contribution is 0.577. The summed E-state index contributed by atoms with van der Waals surface area (Å²) in [6.07, 6.45) is 0. The molecular formula is C10H13F2NS. The second-order valence-corrected chi connectivity index (χ2v) is 3.91. The van der Waals surface area contributed by atoms with Crippen molar-refractivity contribution in [3.8, 4) is 0 Å². The summed E-state index contributed by atoms with van der Waals surface area (Å²) in [6, 6.07) is 3.51. The molecule has 14 heavy (non-hydrogen) atoms. The Kier molecular flexibility index (Phi) is 4.90. The Morgan fingerprint density at radius 3 is 2.86 bits per heavy atom. The molecule has 1 rings (SSSR count). The fraction of sp³-hybridized carbons (Fsp3) is 0.400. The third-order valence-electron chi connectivity index (χ3n) is 1.68. The summed E-state index contributed by atoms with van der Waals surface area (Å²) >= 11 is 1.32. The smallest absolute Gasteiger partial charge is 0.136 e. The van der Waals surface area contributed by atoms with Crippen molar-refractivity contribution in [2.24, 2.45) is 0 Å². The zero-order chi connectivity index (χ0) is 10.4. The van der Waals surface area contributed by atoms with Crippen LogP contribution in [0.2, 0.25) is 0 Å². The van der Waals surface area contributed by atoms with Gasteiger partial charge in [0.25, 0.3) is 0 Å². The molecule has 1 N–H and O–H groups in total. The molecule has 0 aliphatic rings. The number of hydrogen-bond donors (Lipinski definition) is 1. The highest BCUT2D eigenvalue weighted by Crippen LogP contribution is 2.21. The standard InChI is InChI=1S/C10H13F2NS/c1-2-13-5-6-14-10-7-8(11)3-4-9(10)12/h3-4,7,13H,2,5-6H2,1H3. The Morgan fingerprint density at radius 1 is 1.36 bits per heavy atom. The average molecular weight is 217 g/mol. The van der Waals surface area contributed by atoms with E-state index in [1.165, 1.54) is 17.8 Å². The summed E-state index contributed by atoms with van der Waals surface area (Å²) in [6.45, 7) is 3.71. The van der Waals surface area contributed by atoms with Crippen LogP contribution in [0.4, 0.5) is 8.78 Å². The Labute approximate surface area is 86.9 Å². The number of halogens is 2. The monoisotopic (exact) mass is 217 g/mol. The van der Waals surface area contributed by atoms with Crippen LogP contribution in [0, 0.1) is 11.6 Å². The molecule has 1 aromatic rings. The molecule has 0 aliphatic carbocycles. The third kappa shape index (κ3) is 3.64. The van der Waals surface area contributed by atoms with E-state index in [1.54, 1.807) is 0 Å². The van der Waals surface area contributed by atoms with E-state index in [4.69, 9.17) is 0 Å². The van der Waals surface area contributed by atoms with E-state index in [-0.39, 0.29) is 5.82 Å². The van der Waals surface area contributed by atoms with Gasteiger partial charge in [0.1, 0.15) is 11.6 Å². The molecule has 0 saturated heterocycles. The van der Waals surface area contributed by atoms with Gasteiger partial charge in [0.15, 0.2) is 0 Å². The SMILES string of the molecule is CCNCCSc1cc(F)ccc1F. The van der Waals surface area contributed by atoms with Crippen molar-refractivity contribution in [1.29, 1.82) is 0 Å². The van der Waals surface area contributed by atoms with Crippen LogP contribution in [0.5, 0.6) is 0 Å². The van der Waals surface area contributed by atoms with Crippen LogP contribution in [0.1, 0.15) is 6.92 Å². The van der Waals surface area contributed by atoms with Gasteiger partial charge in [0, 0.05) is 17.2 Å². The first-order valence-corrected chi connectivity index (χ1v) is 5.51. The normalized spacial score (nSPS) is 10.5. The fourth-order valence-corrected chi connectivity index (χ4v) is 1.87. The van der Waals surface area contributed by atoms with E-state index in [0.717, 1.165) is 31.0 Å². The molecule has 0 heterocycles. The molecule has 0 radical (unpaired) electrons. The zero-order valence-electron chi connectivity index (χ0n) is 8.02. The number of thioether (sulfide) groups is 1. The summed E-state index contributed by atoms with van der Waals surface area (Å²) in [4.78, 5) is 0.378. The molecule has 0 saturated carbocycles. The molecule has 0 bridgehead atoms. The van der Waals surface area contributed by atoms with Gasteiger partial charge in [-0.2, -0.15) is 0 Å². The van der Waals surface area contributed by atoms with Crippen LogP contribution in [0.15, 0.2) is 23.1 Å². The van der Waals surface area contributed by atoms with Gasteiger partial charge in [0.05, 0.1) is 0 Å². The summed E-state index contributed by atoms with van der Waals surface area (Å²) in [5.74, 6) is -0.000880.